The number of nitrogens with one attached hydrogen (secondary N) is 7. The zero-order chi connectivity index (χ0) is 60.1. The number of amides is 7. The summed E-state index contributed by atoms with van der Waals surface area (Å²) in [6.07, 6.45) is -2.47. The number of carbonyl (C=O) groups is 8. The number of carboxylic acid groups (broad SMARTS) is 1. The van der Waals surface area contributed by atoms with Crippen molar-refractivity contribution in [2.24, 2.45) is 0 Å². The Balaban J connectivity index is 0.000000302. The fraction of sp³-hybridized carbons (Fsp3) is 0.407. The van der Waals surface area contributed by atoms with Crippen molar-refractivity contribution in [2.45, 2.75) is 129 Å². The van der Waals surface area contributed by atoms with Crippen LogP contribution in [0.1, 0.15) is 89.5 Å². The number of rotatable bonds is 17. The fourth-order valence-corrected chi connectivity index (χ4v) is 8.72. The van der Waals surface area contributed by atoms with E-state index >= 15 is 0 Å². The first-order chi connectivity index (χ1) is 37.9. The summed E-state index contributed by atoms with van der Waals surface area (Å²) < 4.78 is 67.2. The summed E-state index contributed by atoms with van der Waals surface area (Å²) in [4.78, 5) is 102. The Morgan fingerprint density at radius 1 is 0.630 bits per heavy atom. The number of aliphatic carboxylic acids is 1. The number of carbonyl (C=O) groups excluding carboxylic acids is 7. The van der Waals surface area contributed by atoms with Gasteiger partial charge >= 0.3 is 18.2 Å². The predicted molar refractivity (Wildman–Crippen MR) is 294 cm³/mol. The van der Waals surface area contributed by atoms with Gasteiger partial charge in [0.05, 0.1) is 43.9 Å². The molecule has 2 heterocycles. The molecular weight excluding hydrogens is 1150 g/mol. The zero-order valence-electron chi connectivity index (χ0n) is 44.7. The molecule has 0 bridgehead atoms. The van der Waals surface area contributed by atoms with Crippen LogP contribution in [0.4, 0.5) is 38.5 Å². The Kier molecular flexibility index (Phi) is 23.0. The second-order valence-corrected chi connectivity index (χ2v) is 22.2. The molecule has 0 saturated heterocycles. The van der Waals surface area contributed by atoms with Crippen molar-refractivity contribution in [2.75, 3.05) is 23.7 Å². The van der Waals surface area contributed by atoms with E-state index in [-0.39, 0.29) is 71.8 Å². The Labute approximate surface area is 483 Å². The number of hydrogen-bond acceptors (Lipinski definition) is 11. The summed E-state index contributed by atoms with van der Waals surface area (Å²) in [5, 5.41) is 26.1. The molecule has 4 aromatic carbocycles. The summed E-state index contributed by atoms with van der Waals surface area (Å²) in [6.45, 7) is 10.2. The van der Waals surface area contributed by atoms with Gasteiger partial charge in [-0.3, -0.25) is 28.8 Å². The van der Waals surface area contributed by atoms with Crippen LogP contribution in [0.2, 0.25) is 20.1 Å². The number of anilines is 2. The highest BCUT2D eigenvalue weighted by Crippen LogP contribution is 2.32. The standard InChI is InChI=1S/C29H32Cl2F2N4O7.C25H28Cl2F2N4O4/c1-29(2,3)44-28(43)34-11-10-20(26(41)35-19-7-6-18(30)24(31)25(19)33)36-27(42)21-13-16-12-17(32)5-4-15(16)14-37(21)22(38)8-9-23(39)40;1-25(2,3)37-24(36)30-9-8-18(22(34)32-17-7-6-16(26)20(27)21(17)29)33-23(35)19-11-14-10-15(28)5-4-13(14)12-31-19/h4-7,12,20-21H,8-11,13-14H2,1-3H3,(H,34,43)(H,35,41)(H,36,42)(H,39,40);4-7,10,18-19,31H,8-9,11-12H2,1-3H3,(H,30,36)(H,32,34)(H,33,35)/t20-,21-;18-,19-/m00/s1. The van der Waals surface area contributed by atoms with Crippen molar-refractivity contribution in [1.29, 1.82) is 0 Å². The third kappa shape index (κ3) is 19.6. The van der Waals surface area contributed by atoms with Gasteiger partial charge in [-0.1, -0.05) is 58.5 Å². The molecule has 81 heavy (non-hydrogen) atoms. The summed E-state index contributed by atoms with van der Waals surface area (Å²) in [7, 11) is 0. The molecule has 0 fully saturated rings. The lowest BCUT2D eigenvalue weighted by Crippen LogP contribution is -2.56. The van der Waals surface area contributed by atoms with Crippen molar-refractivity contribution in [3.8, 4) is 0 Å². The van der Waals surface area contributed by atoms with E-state index < -0.39 is 124 Å². The minimum absolute atomic E-state index is 0.0244. The Hall–Kier alpha value is -6.92. The van der Waals surface area contributed by atoms with Crippen LogP contribution >= 0.6 is 46.4 Å². The van der Waals surface area contributed by atoms with Gasteiger partial charge in [0.15, 0.2) is 11.6 Å². The second kappa shape index (κ2) is 28.7. The summed E-state index contributed by atoms with van der Waals surface area (Å²) in [6, 6.07) is 8.78. The Morgan fingerprint density at radius 2 is 1.09 bits per heavy atom. The van der Waals surface area contributed by atoms with Crippen LogP contribution in [0, 0.1) is 23.3 Å². The van der Waals surface area contributed by atoms with E-state index in [0.717, 1.165) is 5.56 Å². The lowest BCUT2D eigenvalue weighted by atomic mass is 9.92. The molecule has 438 valence electrons. The van der Waals surface area contributed by atoms with Crippen molar-refractivity contribution < 1.29 is 70.5 Å². The van der Waals surface area contributed by atoms with Crippen LogP contribution in [-0.2, 0) is 64.2 Å². The van der Waals surface area contributed by atoms with E-state index in [1.807, 2.05) is 0 Å². The maximum absolute atomic E-state index is 14.7. The van der Waals surface area contributed by atoms with E-state index in [1.54, 1.807) is 47.6 Å². The molecule has 0 spiro atoms. The molecule has 2 aliphatic heterocycles. The smallest absolute Gasteiger partial charge is 0.407 e. The van der Waals surface area contributed by atoms with Crippen LogP contribution in [0.5, 0.6) is 0 Å². The van der Waals surface area contributed by atoms with Crippen molar-refractivity contribution in [1.82, 2.24) is 31.5 Å². The van der Waals surface area contributed by atoms with E-state index in [2.05, 4.69) is 37.2 Å². The molecule has 0 aromatic heterocycles. The number of hydrogen-bond donors (Lipinski definition) is 8. The van der Waals surface area contributed by atoms with Gasteiger partial charge in [-0.2, -0.15) is 0 Å². The Bertz CT molecular complexity index is 3040. The summed E-state index contributed by atoms with van der Waals surface area (Å²) in [5.41, 5.74) is 0.524. The van der Waals surface area contributed by atoms with Gasteiger partial charge in [0.1, 0.15) is 41.0 Å². The molecule has 6 rings (SSSR count). The van der Waals surface area contributed by atoms with E-state index in [4.69, 9.17) is 61.0 Å². The lowest BCUT2D eigenvalue weighted by molar-refractivity contribution is -0.145. The first-order valence-corrected chi connectivity index (χ1v) is 26.6. The number of ether oxygens (including phenoxy) is 2. The largest absolute Gasteiger partial charge is 0.481 e. The number of fused-ring (bicyclic) bond motifs is 2. The lowest BCUT2D eigenvalue weighted by Gasteiger charge is -2.36. The predicted octanol–water partition coefficient (Wildman–Crippen LogP) is 8.75. The van der Waals surface area contributed by atoms with Crippen LogP contribution in [0.25, 0.3) is 0 Å². The highest BCUT2D eigenvalue weighted by Gasteiger charge is 2.37. The first-order valence-electron chi connectivity index (χ1n) is 25.1. The monoisotopic (exact) mass is 1210 g/mol. The highest BCUT2D eigenvalue weighted by atomic mass is 35.5. The van der Waals surface area contributed by atoms with Crippen LogP contribution in [0.15, 0.2) is 60.7 Å². The molecule has 27 heteroatoms. The molecule has 0 saturated carbocycles. The van der Waals surface area contributed by atoms with Crippen molar-refractivity contribution >= 4 is 105 Å². The zero-order valence-corrected chi connectivity index (χ0v) is 47.7. The third-order valence-electron chi connectivity index (χ3n) is 12.0. The normalized spacial score (nSPS) is 15.4. The van der Waals surface area contributed by atoms with E-state index in [0.29, 0.717) is 23.2 Å². The Morgan fingerprint density at radius 3 is 1.56 bits per heavy atom. The molecule has 19 nitrogen and oxygen atoms in total. The maximum atomic E-state index is 14.7. The average Bonchev–Trinajstić information content (AvgIpc) is 3.48. The topological polar surface area (TPSA) is 263 Å². The van der Waals surface area contributed by atoms with Gasteiger partial charge in [-0.25, -0.2) is 27.2 Å². The highest BCUT2D eigenvalue weighted by molar-refractivity contribution is 6.42. The van der Waals surface area contributed by atoms with Gasteiger partial charge < -0.3 is 56.7 Å². The first kappa shape index (κ1) is 64.9. The SMILES string of the molecule is CC(C)(C)OC(=O)NCC[C@H](NC(=O)[C@@H]1Cc2cc(F)ccc2CN1)C(=O)Nc1ccc(Cl)c(Cl)c1F.CC(C)(C)OC(=O)NCC[C@H](NC(=O)[C@@H]1Cc2cc(F)ccc2CN1C(=O)CCC(=O)O)C(=O)Nc1ccc(Cl)c(Cl)c1F. The second-order valence-electron chi connectivity index (χ2n) is 20.6. The number of halogens is 8. The maximum Gasteiger partial charge on any atom is 0.407 e. The summed E-state index contributed by atoms with van der Waals surface area (Å²) in [5.74, 6) is -7.67. The average molecular weight is 1210 g/mol. The van der Waals surface area contributed by atoms with Gasteiger partial charge in [0.25, 0.3) is 0 Å². The number of alkyl carbamates (subject to hydrolysis) is 2. The molecule has 0 unspecified atom stereocenters. The van der Waals surface area contributed by atoms with Gasteiger partial charge in [-0.15, -0.1) is 0 Å². The molecule has 2 aliphatic rings. The fourth-order valence-electron chi connectivity index (χ4n) is 8.10. The van der Waals surface area contributed by atoms with E-state index in [1.165, 1.54) is 59.5 Å². The molecule has 7 amide bonds. The van der Waals surface area contributed by atoms with Gasteiger partial charge in [0, 0.05) is 39.0 Å². The van der Waals surface area contributed by atoms with Crippen LogP contribution < -0.4 is 37.2 Å². The number of nitrogens with zero attached hydrogens (tertiary/aromatic N) is 1. The molecule has 0 radical (unpaired) electrons. The number of benzene rings is 4. The minimum Gasteiger partial charge on any atom is -0.481 e. The number of carboxylic acids is 1. The van der Waals surface area contributed by atoms with Crippen molar-refractivity contribution in [3.05, 3.63) is 126 Å². The van der Waals surface area contributed by atoms with E-state index in [9.17, 15) is 55.9 Å². The molecule has 8 N–H and O–H groups in total. The van der Waals surface area contributed by atoms with Crippen molar-refractivity contribution in [3.63, 3.8) is 0 Å². The van der Waals surface area contributed by atoms with Gasteiger partial charge in [0.2, 0.25) is 29.5 Å². The molecular formula is C54H60Cl4F4N8O11. The summed E-state index contributed by atoms with van der Waals surface area (Å²) >= 11 is 23.3. The minimum atomic E-state index is -1.38. The third-order valence-corrected chi connectivity index (χ3v) is 13.5. The van der Waals surface area contributed by atoms with Crippen LogP contribution in [0.3, 0.4) is 0 Å². The van der Waals surface area contributed by atoms with Gasteiger partial charge in [-0.05, 0) is 132 Å². The molecule has 4 atom stereocenters. The molecule has 4 aromatic rings. The molecule has 0 aliphatic carbocycles. The van der Waals surface area contributed by atoms with Crippen LogP contribution in [-0.4, -0.2) is 106 Å². The quantitative estimate of drug-likeness (QED) is 0.0365.